The third kappa shape index (κ3) is 2.09. The predicted molar refractivity (Wildman–Crippen MR) is 48.9 cm³/mol. The highest BCUT2D eigenvalue weighted by Crippen LogP contribution is 2.10. The molecule has 0 aliphatic carbocycles. The van der Waals surface area contributed by atoms with Crippen LogP contribution in [0, 0.1) is 0 Å². The number of thiol groups is 1. The number of anilines is 2. The number of carbonyl (C=O) groups excluding carboxylic acids is 1. The number of amides is 1. The van der Waals surface area contributed by atoms with Gasteiger partial charge in [0.15, 0.2) is 5.82 Å². The molecule has 1 aromatic rings. The van der Waals surface area contributed by atoms with Crippen LogP contribution in [0.25, 0.3) is 0 Å². The average molecular weight is 184 g/mol. The first-order chi connectivity index (χ1) is 5.74. The van der Waals surface area contributed by atoms with Crippen LogP contribution in [0.3, 0.4) is 0 Å². The van der Waals surface area contributed by atoms with Gasteiger partial charge in [-0.15, -0.1) is 0 Å². The maximum atomic E-state index is 10.8. The van der Waals surface area contributed by atoms with Gasteiger partial charge in [-0.25, -0.2) is 9.97 Å². The number of nitrogens with two attached hydrogens (primary N) is 1. The number of hydrogen-bond acceptors (Lipinski definition) is 5. The molecule has 0 aromatic carbocycles. The molecule has 1 amide bonds. The van der Waals surface area contributed by atoms with E-state index >= 15 is 0 Å². The molecule has 12 heavy (non-hydrogen) atoms. The van der Waals surface area contributed by atoms with Crippen LogP contribution >= 0.6 is 12.6 Å². The fourth-order valence-corrected chi connectivity index (χ4v) is 0.695. The Kier molecular flexibility index (Phi) is 2.87. The Labute approximate surface area is 74.8 Å². The number of hydrogen-bond donors (Lipinski definition) is 3. The summed E-state index contributed by atoms with van der Waals surface area (Å²) in [5.41, 5.74) is 5.80. The first-order valence-electron chi connectivity index (χ1n) is 3.20. The summed E-state index contributed by atoms with van der Waals surface area (Å²) >= 11 is 3.78. The van der Waals surface area contributed by atoms with Crippen molar-refractivity contribution in [1.29, 1.82) is 0 Å². The molecule has 1 heterocycles. The van der Waals surface area contributed by atoms with Gasteiger partial charge in [0.05, 0.1) is 17.6 Å². The minimum absolute atomic E-state index is 0.101. The maximum Gasteiger partial charge on any atom is 0.235 e. The Balaban J connectivity index is 2.75. The molecule has 0 bridgehead atoms. The Bertz CT molecular complexity index is 291. The normalized spacial score (nSPS) is 9.42. The van der Waals surface area contributed by atoms with E-state index in [0.717, 1.165) is 0 Å². The molecule has 0 aliphatic rings. The van der Waals surface area contributed by atoms with Gasteiger partial charge in [-0.1, -0.05) is 0 Å². The van der Waals surface area contributed by atoms with Gasteiger partial charge in [0.2, 0.25) is 5.91 Å². The molecule has 1 rings (SSSR count). The van der Waals surface area contributed by atoms with Crippen LogP contribution in [0.15, 0.2) is 12.5 Å². The fourth-order valence-electron chi connectivity index (χ4n) is 0.616. The summed E-state index contributed by atoms with van der Waals surface area (Å²) in [6, 6.07) is 0. The fraction of sp³-hybridized carbons (Fsp3) is 0.167. The largest absolute Gasteiger partial charge is 0.394 e. The third-order valence-corrected chi connectivity index (χ3v) is 1.43. The van der Waals surface area contributed by atoms with Crippen LogP contribution in [0.5, 0.6) is 0 Å². The summed E-state index contributed by atoms with van der Waals surface area (Å²) in [4.78, 5) is 18.3. The molecule has 0 atom stereocenters. The zero-order chi connectivity index (χ0) is 8.97. The van der Waals surface area contributed by atoms with Gasteiger partial charge in [-0.2, -0.15) is 12.6 Å². The van der Waals surface area contributed by atoms with Gasteiger partial charge >= 0.3 is 0 Å². The average Bonchev–Trinajstić information content (AvgIpc) is 2.09. The zero-order valence-corrected chi connectivity index (χ0v) is 7.08. The van der Waals surface area contributed by atoms with Crippen LogP contribution in [-0.2, 0) is 4.79 Å². The Morgan fingerprint density at radius 1 is 1.75 bits per heavy atom. The number of nitrogens with zero attached hydrogens (tertiary/aromatic N) is 2. The SMILES string of the molecule is Nc1cncnc1NC(=O)CS. The summed E-state index contributed by atoms with van der Waals surface area (Å²) in [5.74, 6) is 0.177. The summed E-state index contributed by atoms with van der Waals surface area (Å²) in [6.45, 7) is 0. The van der Waals surface area contributed by atoms with Crippen LogP contribution < -0.4 is 11.1 Å². The van der Waals surface area contributed by atoms with Crippen LogP contribution in [-0.4, -0.2) is 21.6 Å². The molecule has 6 heteroatoms. The number of aromatic nitrogens is 2. The molecule has 1 aromatic heterocycles. The van der Waals surface area contributed by atoms with Crippen molar-refractivity contribution in [3.05, 3.63) is 12.5 Å². The number of nitrogen functional groups attached to an aromatic ring is 1. The van der Waals surface area contributed by atoms with E-state index in [4.69, 9.17) is 5.73 Å². The van der Waals surface area contributed by atoms with Crippen molar-refractivity contribution in [2.24, 2.45) is 0 Å². The lowest BCUT2D eigenvalue weighted by Crippen LogP contribution is -2.15. The third-order valence-electron chi connectivity index (χ3n) is 1.14. The molecule has 0 fully saturated rings. The minimum atomic E-state index is -0.247. The Morgan fingerprint density at radius 3 is 3.08 bits per heavy atom. The van der Waals surface area contributed by atoms with Crippen LogP contribution in [0.2, 0.25) is 0 Å². The minimum Gasteiger partial charge on any atom is -0.394 e. The molecule has 0 saturated carbocycles. The van der Waals surface area contributed by atoms with E-state index in [-0.39, 0.29) is 11.7 Å². The molecule has 5 nitrogen and oxygen atoms in total. The highest BCUT2D eigenvalue weighted by atomic mass is 32.1. The van der Waals surface area contributed by atoms with Gasteiger partial charge in [0, 0.05) is 0 Å². The molecule has 0 radical (unpaired) electrons. The Morgan fingerprint density at radius 2 is 2.50 bits per heavy atom. The van der Waals surface area contributed by atoms with Crippen LogP contribution in [0.4, 0.5) is 11.5 Å². The van der Waals surface area contributed by atoms with E-state index in [1.807, 2.05) is 0 Å². The maximum absolute atomic E-state index is 10.8. The lowest BCUT2D eigenvalue weighted by Gasteiger charge is -2.03. The van der Waals surface area contributed by atoms with E-state index in [1.165, 1.54) is 12.5 Å². The van der Waals surface area contributed by atoms with Crippen molar-refractivity contribution >= 4 is 30.0 Å². The van der Waals surface area contributed by atoms with Crippen molar-refractivity contribution in [2.75, 3.05) is 16.8 Å². The second kappa shape index (κ2) is 3.91. The quantitative estimate of drug-likeness (QED) is 0.562. The highest BCUT2D eigenvalue weighted by molar-refractivity contribution is 7.81. The van der Waals surface area contributed by atoms with E-state index in [0.29, 0.717) is 11.5 Å². The number of carbonyl (C=O) groups is 1. The summed E-state index contributed by atoms with van der Waals surface area (Å²) < 4.78 is 0. The van der Waals surface area contributed by atoms with E-state index in [9.17, 15) is 4.79 Å². The van der Waals surface area contributed by atoms with Crippen molar-refractivity contribution < 1.29 is 4.79 Å². The van der Waals surface area contributed by atoms with Crippen LogP contribution in [0.1, 0.15) is 0 Å². The highest BCUT2D eigenvalue weighted by Gasteiger charge is 2.02. The van der Waals surface area contributed by atoms with Crippen molar-refractivity contribution in [3.8, 4) is 0 Å². The molecular weight excluding hydrogens is 176 g/mol. The molecule has 3 N–H and O–H groups in total. The van der Waals surface area contributed by atoms with Crippen molar-refractivity contribution in [2.45, 2.75) is 0 Å². The predicted octanol–water partition coefficient (Wildman–Crippen LogP) is -0.0729. The smallest absolute Gasteiger partial charge is 0.235 e. The molecular formula is C6H8N4OS. The van der Waals surface area contributed by atoms with Gasteiger partial charge in [0.25, 0.3) is 0 Å². The molecule has 0 unspecified atom stereocenters. The van der Waals surface area contributed by atoms with Gasteiger partial charge in [-0.05, 0) is 0 Å². The second-order valence-corrected chi connectivity index (χ2v) is 2.35. The number of rotatable bonds is 2. The lowest BCUT2D eigenvalue weighted by atomic mass is 10.5. The van der Waals surface area contributed by atoms with Gasteiger partial charge < -0.3 is 11.1 Å². The van der Waals surface area contributed by atoms with Crippen molar-refractivity contribution in [3.63, 3.8) is 0 Å². The summed E-state index contributed by atoms with van der Waals surface area (Å²) in [7, 11) is 0. The molecule has 0 spiro atoms. The zero-order valence-electron chi connectivity index (χ0n) is 6.19. The van der Waals surface area contributed by atoms with E-state index in [2.05, 4.69) is 27.9 Å². The number of nitrogens with one attached hydrogen (secondary N) is 1. The van der Waals surface area contributed by atoms with Gasteiger partial charge in [-0.3, -0.25) is 4.79 Å². The molecule has 0 saturated heterocycles. The van der Waals surface area contributed by atoms with E-state index < -0.39 is 0 Å². The molecule has 64 valence electrons. The van der Waals surface area contributed by atoms with E-state index in [1.54, 1.807) is 0 Å². The second-order valence-electron chi connectivity index (χ2n) is 2.03. The lowest BCUT2D eigenvalue weighted by molar-refractivity contribution is -0.113. The first-order valence-corrected chi connectivity index (χ1v) is 3.83. The topological polar surface area (TPSA) is 80.9 Å². The monoisotopic (exact) mass is 184 g/mol. The first kappa shape index (κ1) is 8.79. The summed E-state index contributed by atoms with van der Waals surface area (Å²) in [6.07, 6.45) is 2.73. The van der Waals surface area contributed by atoms with Crippen molar-refractivity contribution in [1.82, 2.24) is 9.97 Å². The molecule has 0 aliphatic heterocycles. The van der Waals surface area contributed by atoms with Gasteiger partial charge in [0.1, 0.15) is 6.33 Å². The standard InChI is InChI=1S/C6H8N4OS/c7-4-1-8-3-9-6(4)10-5(11)2-12/h1,3,12H,2,7H2,(H,8,9,10,11). The summed E-state index contributed by atoms with van der Waals surface area (Å²) in [5, 5.41) is 2.47. The Hall–Kier alpha value is -1.30.